The van der Waals surface area contributed by atoms with E-state index in [0.29, 0.717) is 35.1 Å². The standard InChI is InChI=1S/C19H20ClN3O3S/c20-14-7-6-8-15(13-14)22-18(24)11-2-1-5-12-21-19-16-9-3-4-10-17(16)27(25,26)23-19/h3-4,6-10,13H,1-2,5,11-12H2,(H,21,23)(H,22,24). The number of benzene rings is 2. The summed E-state index contributed by atoms with van der Waals surface area (Å²) >= 11 is 5.89. The van der Waals surface area contributed by atoms with Crippen molar-refractivity contribution in [3.8, 4) is 0 Å². The van der Waals surface area contributed by atoms with Gasteiger partial charge in [-0.3, -0.25) is 14.5 Å². The smallest absolute Gasteiger partial charge is 0.263 e. The number of sulfonamides is 1. The number of nitrogens with zero attached hydrogens (tertiary/aromatic N) is 1. The van der Waals surface area contributed by atoms with Crippen molar-refractivity contribution < 1.29 is 13.2 Å². The van der Waals surface area contributed by atoms with Gasteiger partial charge >= 0.3 is 0 Å². The molecule has 0 aromatic heterocycles. The highest BCUT2D eigenvalue weighted by Gasteiger charge is 2.29. The molecule has 2 N–H and O–H groups in total. The van der Waals surface area contributed by atoms with E-state index in [1.54, 1.807) is 48.5 Å². The average Bonchev–Trinajstić information content (AvgIpc) is 2.89. The van der Waals surface area contributed by atoms with E-state index in [0.717, 1.165) is 19.3 Å². The molecule has 0 spiro atoms. The first kappa shape index (κ1) is 19.4. The van der Waals surface area contributed by atoms with Crippen molar-refractivity contribution in [3.63, 3.8) is 0 Å². The van der Waals surface area contributed by atoms with Gasteiger partial charge in [0.05, 0.1) is 4.90 Å². The average molecular weight is 406 g/mol. The number of nitrogens with one attached hydrogen (secondary N) is 2. The van der Waals surface area contributed by atoms with Crippen LogP contribution in [0.4, 0.5) is 5.69 Å². The second kappa shape index (κ2) is 8.54. The number of unbranched alkanes of at least 4 members (excludes halogenated alkanes) is 2. The molecule has 0 fully saturated rings. The van der Waals surface area contributed by atoms with Gasteiger partial charge in [0.2, 0.25) is 5.91 Å². The van der Waals surface area contributed by atoms with Crippen LogP contribution in [0, 0.1) is 0 Å². The van der Waals surface area contributed by atoms with Crippen LogP contribution in [0.25, 0.3) is 0 Å². The van der Waals surface area contributed by atoms with Crippen molar-refractivity contribution >= 4 is 39.1 Å². The molecule has 6 nitrogen and oxygen atoms in total. The lowest BCUT2D eigenvalue weighted by molar-refractivity contribution is -0.116. The number of amides is 1. The van der Waals surface area contributed by atoms with E-state index in [-0.39, 0.29) is 10.8 Å². The molecule has 0 radical (unpaired) electrons. The first-order valence-corrected chi connectivity index (χ1v) is 10.5. The second-order valence-electron chi connectivity index (χ2n) is 6.20. The maximum Gasteiger partial charge on any atom is 0.263 e. The molecule has 1 aliphatic heterocycles. The van der Waals surface area contributed by atoms with Crippen LogP contribution < -0.4 is 10.0 Å². The summed E-state index contributed by atoms with van der Waals surface area (Å²) in [6.45, 7) is 0.502. The van der Waals surface area contributed by atoms with Crippen molar-refractivity contribution in [1.29, 1.82) is 0 Å². The van der Waals surface area contributed by atoms with Crippen LogP contribution in [-0.4, -0.2) is 26.7 Å². The second-order valence-corrected chi connectivity index (χ2v) is 8.29. The highest BCUT2D eigenvalue weighted by Crippen LogP contribution is 2.22. The Balaban J connectivity index is 1.41. The topological polar surface area (TPSA) is 87.6 Å². The molecule has 0 atom stereocenters. The molecule has 142 valence electrons. The van der Waals surface area contributed by atoms with Gasteiger partial charge in [0.1, 0.15) is 5.84 Å². The Kier molecular flexibility index (Phi) is 6.13. The number of anilines is 1. The first-order chi connectivity index (χ1) is 13.0. The number of hydrogen-bond acceptors (Lipinski definition) is 4. The quantitative estimate of drug-likeness (QED) is 0.690. The molecule has 0 saturated carbocycles. The van der Waals surface area contributed by atoms with E-state index in [2.05, 4.69) is 15.0 Å². The molecule has 0 saturated heterocycles. The normalized spacial score (nSPS) is 16.0. The fraction of sp³-hybridized carbons (Fsp3) is 0.263. The summed E-state index contributed by atoms with van der Waals surface area (Å²) < 4.78 is 26.5. The number of aliphatic imine (C=N–C) groups is 1. The van der Waals surface area contributed by atoms with Crippen molar-refractivity contribution in [2.24, 2.45) is 4.99 Å². The lowest BCUT2D eigenvalue weighted by Gasteiger charge is -2.05. The fourth-order valence-corrected chi connectivity index (χ4v) is 4.25. The van der Waals surface area contributed by atoms with Crippen LogP contribution in [0.3, 0.4) is 0 Å². The van der Waals surface area contributed by atoms with Crippen molar-refractivity contribution in [1.82, 2.24) is 4.72 Å². The van der Waals surface area contributed by atoms with Gasteiger partial charge in [-0.1, -0.05) is 36.2 Å². The zero-order chi connectivity index (χ0) is 19.3. The van der Waals surface area contributed by atoms with Crippen LogP contribution in [-0.2, 0) is 14.8 Å². The van der Waals surface area contributed by atoms with Crippen LogP contribution in [0.15, 0.2) is 58.4 Å². The third-order valence-corrected chi connectivity index (χ3v) is 5.74. The molecule has 0 bridgehead atoms. The molecule has 0 unspecified atom stereocenters. The Morgan fingerprint density at radius 3 is 2.70 bits per heavy atom. The number of carbonyl (C=O) groups is 1. The SMILES string of the molecule is O=C(CCCCCN=C1NS(=O)(=O)c2ccccc21)Nc1cccc(Cl)c1. The Morgan fingerprint density at radius 1 is 1.07 bits per heavy atom. The zero-order valence-corrected chi connectivity index (χ0v) is 16.2. The zero-order valence-electron chi connectivity index (χ0n) is 14.6. The molecular formula is C19H20ClN3O3S. The van der Waals surface area contributed by atoms with Gasteiger partial charge in [-0.2, -0.15) is 0 Å². The third kappa shape index (κ3) is 5.08. The van der Waals surface area contributed by atoms with Gasteiger partial charge in [-0.15, -0.1) is 0 Å². The minimum atomic E-state index is -3.49. The molecule has 27 heavy (non-hydrogen) atoms. The van der Waals surface area contributed by atoms with Crippen LogP contribution in [0.5, 0.6) is 0 Å². The minimum Gasteiger partial charge on any atom is -0.326 e. The molecule has 1 heterocycles. The predicted octanol–water partition coefficient (Wildman–Crippen LogP) is 3.58. The van der Waals surface area contributed by atoms with E-state index in [9.17, 15) is 13.2 Å². The monoisotopic (exact) mass is 405 g/mol. The maximum absolute atomic E-state index is 12.0. The van der Waals surface area contributed by atoms with Crippen LogP contribution in [0.2, 0.25) is 5.02 Å². The van der Waals surface area contributed by atoms with Gasteiger partial charge < -0.3 is 5.32 Å². The van der Waals surface area contributed by atoms with Crippen molar-refractivity contribution in [3.05, 3.63) is 59.1 Å². The predicted molar refractivity (Wildman–Crippen MR) is 107 cm³/mol. The van der Waals surface area contributed by atoms with E-state index < -0.39 is 10.0 Å². The summed E-state index contributed by atoms with van der Waals surface area (Å²) in [5.41, 5.74) is 1.30. The highest BCUT2D eigenvalue weighted by atomic mass is 35.5. The summed E-state index contributed by atoms with van der Waals surface area (Å²) in [5, 5.41) is 3.39. The summed E-state index contributed by atoms with van der Waals surface area (Å²) in [6.07, 6.45) is 2.75. The van der Waals surface area contributed by atoms with Gasteiger partial charge in [-0.05, 0) is 43.2 Å². The molecule has 0 aliphatic carbocycles. The number of fused-ring (bicyclic) bond motifs is 1. The van der Waals surface area contributed by atoms with Gasteiger partial charge in [0.25, 0.3) is 10.0 Å². The van der Waals surface area contributed by atoms with E-state index >= 15 is 0 Å². The van der Waals surface area contributed by atoms with E-state index in [1.165, 1.54) is 0 Å². The van der Waals surface area contributed by atoms with Crippen LogP contribution in [0.1, 0.15) is 31.2 Å². The van der Waals surface area contributed by atoms with E-state index in [4.69, 9.17) is 11.6 Å². The summed E-state index contributed by atoms with van der Waals surface area (Å²) in [5.74, 6) is 0.338. The molecule has 8 heteroatoms. The Hall–Kier alpha value is -2.38. The molecule has 2 aromatic rings. The number of amidine groups is 1. The van der Waals surface area contributed by atoms with E-state index in [1.807, 2.05) is 0 Å². The third-order valence-electron chi connectivity index (χ3n) is 4.10. The summed E-state index contributed by atoms with van der Waals surface area (Å²) in [7, 11) is -3.49. The number of hydrogen-bond donors (Lipinski definition) is 2. The van der Waals surface area contributed by atoms with Crippen LogP contribution >= 0.6 is 11.6 Å². The maximum atomic E-state index is 12.0. The van der Waals surface area contributed by atoms with Crippen molar-refractivity contribution in [2.75, 3.05) is 11.9 Å². The summed E-state index contributed by atoms with van der Waals surface area (Å²) in [6, 6.07) is 13.8. The van der Waals surface area contributed by atoms with Gasteiger partial charge in [-0.25, -0.2) is 8.42 Å². The number of rotatable bonds is 7. The lowest BCUT2D eigenvalue weighted by Crippen LogP contribution is -2.22. The van der Waals surface area contributed by atoms with Gasteiger partial charge in [0.15, 0.2) is 0 Å². The molecule has 3 rings (SSSR count). The van der Waals surface area contributed by atoms with Gasteiger partial charge in [0, 0.05) is 29.2 Å². The molecule has 1 aliphatic rings. The Morgan fingerprint density at radius 2 is 1.89 bits per heavy atom. The highest BCUT2D eigenvalue weighted by molar-refractivity contribution is 7.90. The number of halogens is 1. The van der Waals surface area contributed by atoms with Crippen molar-refractivity contribution in [2.45, 2.75) is 30.6 Å². The first-order valence-electron chi connectivity index (χ1n) is 8.68. The minimum absolute atomic E-state index is 0.0546. The fourth-order valence-electron chi connectivity index (χ4n) is 2.81. The molecule has 2 aromatic carbocycles. The number of carbonyl (C=O) groups excluding carboxylic acids is 1. The molecule has 1 amide bonds. The summed E-state index contributed by atoms with van der Waals surface area (Å²) in [4.78, 5) is 16.5. The Labute approximate surface area is 163 Å². The largest absolute Gasteiger partial charge is 0.326 e. The molecular weight excluding hydrogens is 386 g/mol. The Bertz CT molecular complexity index is 974. The lowest BCUT2D eigenvalue weighted by atomic mass is 10.2.